The van der Waals surface area contributed by atoms with Crippen LogP contribution in [0.3, 0.4) is 0 Å². The summed E-state index contributed by atoms with van der Waals surface area (Å²) in [5.41, 5.74) is 0. The van der Waals surface area contributed by atoms with Crippen molar-refractivity contribution < 1.29 is 9.53 Å². The fourth-order valence-electron chi connectivity index (χ4n) is 3.20. The number of hydrogen-bond acceptors (Lipinski definition) is 4. The predicted molar refractivity (Wildman–Crippen MR) is 94.2 cm³/mol. The van der Waals surface area contributed by atoms with E-state index in [9.17, 15) is 4.79 Å². The SMILES string of the molecule is C[C@H]1OCCN[C@@H]1C(=O)NCCN(C)C1CCCCC1.Cl.Cl. The van der Waals surface area contributed by atoms with Crippen molar-refractivity contribution in [2.24, 2.45) is 0 Å². The molecule has 2 rings (SSSR count). The minimum Gasteiger partial charge on any atom is -0.375 e. The van der Waals surface area contributed by atoms with Crippen molar-refractivity contribution in [3.05, 3.63) is 0 Å². The molecule has 0 bridgehead atoms. The minimum absolute atomic E-state index is 0. The minimum atomic E-state index is -0.205. The summed E-state index contributed by atoms with van der Waals surface area (Å²) in [6, 6.07) is 0.499. The fourth-order valence-corrected chi connectivity index (χ4v) is 3.20. The number of rotatable bonds is 5. The molecule has 1 saturated carbocycles. The number of morpholine rings is 1. The Morgan fingerprint density at radius 1 is 1.27 bits per heavy atom. The number of nitrogens with zero attached hydrogens (tertiary/aromatic N) is 1. The number of carbonyl (C=O) groups is 1. The first-order chi connectivity index (χ1) is 9.68. The molecule has 1 aliphatic carbocycles. The molecule has 1 saturated heterocycles. The van der Waals surface area contributed by atoms with Crippen molar-refractivity contribution in [3.8, 4) is 0 Å². The van der Waals surface area contributed by atoms with Crippen LogP contribution < -0.4 is 10.6 Å². The summed E-state index contributed by atoms with van der Waals surface area (Å²) < 4.78 is 5.50. The van der Waals surface area contributed by atoms with E-state index in [1.165, 1.54) is 32.1 Å². The smallest absolute Gasteiger partial charge is 0.239 e. The molecule has 0 radical (unpaired) electrons. The van der Waals surface area contributed by atoms with Crippen LogP contribution in [0.2, 0.25) is 0 Å². The number of amides is 1. The van der Waals surface area contributed by atoms with Crippen molar-refractivity contribution in [1.29, 1.82) is 0 Å². The van der Waals surface area contributed by atoms with E-state index in [1.807, 2.05) is 6.92 Å². The van der Waals surface area contributed by atoms with Gasteiger partial charge < -0.3 is 20.3 Å². The molecule has 22 heavy (non-hydrogen) atoms. The average Bonchev–Trinajstić information content (AvgIpc) is 2.48. The molecule has 5 nitrogen and oxygen atoms in total. The average molecular weight is 356 g/mol. The zero-order valence-corrected chi connectivity index (χ0v) is 15.3. The summed E-state index contributed by atoms with van der Waals surface area (Å²) in [7, 11) is 2.17. The molecule has 7 heteroatoms. The molecule has 0 aromatic rings. The maximum Gasteiger partial charge on any atom is 0.239 e. The van der Waals surface area contributed by atoms with Gasteiger partial charge in [-0.3, -0.25) is 4.79 Å². The highest BCUT2D eigenvalue weighted by atomic mass is 35.5. The zero-order chi connectivity index (χ0) is 14.4. The van der Waals surface area contributed by atoms with Gasteiger partial charge >= 0.3 is 0 Å². The lowest BCUT2D eigenvalue weighted by atomic mass is 9.94. The second kappa shape index (κ2) is 11.5. The van der Waals surface area contributed by atoms with Gasteiger partial charge in [0.25, 0.3) is 0 Å². The van der Waals surface area contributed by atoms with Gasteiger partial charge in [-0.05, 0) is 26.8 Å². The van der Waals surface area contributed by atoms with Gasteiger partial charge in [0.2, 0.25) is 5.91 Å². The van der Waals surface area contributed by atoms with Gasteiger partial charge in [0, 0.05) is 25.7 Å². The van der Waals surface area contributed by atoms with Gasteiger partial charge in [-0.2, -0.15) is 0 Å². The number of nitrogens with one attached hydrogen (secondary N) is 2. The lowest BCUT2D eigenvalue weighted by Crippen LogP contribution is -2.56. The number of carbonyl (C=O) groups excluding carboxylic acids is 1. The molecule has 0 aromatic heterocycles. The van der Waals surface area contributed by atoms with E-state index < -0.39 is 0 Å². The van der Waals surface area contributed by atoms with Crippen molar-refractivity contribution in [1.82, 2.24) is 15.5 Å². The van der Waals surface area contributed by atoms with Gasteiger partial charge in [-0.25, -0.2) is 0 Å². The lowest BCUT2D eigenvalue weighted by molar-refractivity contribution is -0.129. The molecular weight excluding hydrogens is 325 g/mol. The fraction of sp³-hybridized carbons (Fsp3) is 0.933. The zero-order valence-electron chi connectivity index (χ0n) is 13.7. The number of ether oxygens (including phenoxy) is 1. The van der Waals surface area contributed by atoms with Crippen molar-refractivity contribution in [2.75, 3.05) is 33.3 Å². The van der Waals surface area contributed by atoms with E-state index in [-0.39, 0.29) is 42.9 Å². The van der Waals surface area contributed by atoms with Crippen molar-refractivity contribution in [2.45, 2.75) is 57.2 Å². The van der Waals surface area contributed by atoms with Crippen LogP contribution in [0.25, 0.3) is 0 Å². The van der Waals surface area contributed by atoms with Gasteiger partial charge in [0.1, 0.15) is 6.04 Å². The largest absolute Gasteiger partial charge is 0.375 e. The molecule has 2 fully saturated rings. The first-order valence-corrected chi connectivity index (χ1v) is 8.01. The Bertz CT molecular complexity index is 315. The normalized spacial score (nSPS) is 26.0. The molecule has 1 heterocycles. The Kier molecular flexibility index (Phi) is 11.4. The summed E-state index contributed by atoms with van der Waals surface area (Å²) in [5, 5.41) is 6.25. The highest BCUT2D eigenvalue weighted by Crippen LogP contribution is 2.21. The van der Waals surface area contributed by atoms with Crippen LogP contribution in [0.1, 0.15) is 39.0 Å². The van der Waals surface area contributed by atoms with Crippen LogP contribution in [-0.4, -0.2) is 62.3 Å². The summed E-state index contributed by atoms with van der Waals surface area (Å²) in [5.74, 6) is 0.0641. The first kappa shape index (κ1) is 21.9. The van der Waals surface area contributed by atoms with Crippen molar-refractivity contribution >= 4 is 30.7 Å². The molecule has 2 aliphatic rings. The van der Waals surface area contributed by atoms with Crippen molar-refractivity contribution in [3.63, 3.8) is 0 Å². The molecule has 0 unspecified atom stereocenters. The molecule has 2 atom stereocenters. The highest BCUT2D eigenvalue weighted by molar-refractivity contribution is 5.85. The molecular formula is C15H31Cl2N3O2. The van der Waals surface area contributed by atoms with Gasteiger partial charge in [-0.1, -0.05) is 19.3 Å². The highest BCUT2D eigenvalue weighted by Gasteiger charge is 2.28. The quantitative estimate of drug-likeness (QED) is 0.786. The summed E-state index contributed by atoms with van der Waals surface area (Å²) in [6.45, 7) is 5.04. The van der Waals surface area contributed by atoms with E-state index in [4.69, 9.17) is 4.74 Å². The molecule has 1 aliphatic heterocycles. The van der Waals surface area contributed by atoms with Crippen LogP contribution in [-0.2, 0) is 9.53 Å². The summed E-state index contributed by atoms with van der Waals surface area (Å²) >= 11 is 0. The van der Waals surface area contributed by atoms with Gasteiger partial charge in [0.15, 0.2) is 0 Å². The van der Waals surface area contributed by atoms with Gasteiger partial charge in [0.05, 0.1) is 12.7 Å². The Hall–Kier alpha value is -0.0700. The number of hydrogen-bond donors (Lipinski definition) is 2. The summed E-state index contributed by atoms with van der Waals surface area (Å²) in [6.07, 6.45) is 6.65. The first-order valence-electron chi connectivity index (χ1n) is 8.01. The standard InChI is InChI=1S/C15H29N3O2.2ClH/c1-12-14(16-9-11-20-12)15(19)17-8-10-18(2)13-6-4-3-5-7-13;;/h12-14,16H,3-11H2,1-2H3,(H,17,19);2*1H/t12-,14+;;/m1../s1. The predicted octanol–water partition coefficient (Wildman–Crippen LogP) is 1.59. The van der Waals surface area contributed by atoms with Crippen LogP contribution in [0.15, 0.2) is 0 Å². The molecule has 0 aromatic carbocycles. The van der Waals surface area contributed by atoms with Crippen LogP contribution in [0.5, 0.6) is 0 Å². The third-order valence-corrected chi connectivity index (χ3v) is 4.56. The summed E-state index contributed by atoms with van der Waals surface area (Å²) in [4.78, 5) is 14.5. The van der Waals surface area contributed by atoms with E-state index in [0.717, 1.165) is 19.6 Å². The third-order valence-electron chi connectivity index (χ3n) is 4.56. The third kappa shape index (κ3) is 6.59. The van der Waals surface area contributed by atoms with E-state index in [0.29, 0.717) is 12.6 Å². The Morgan fingerprint density at radius 3 is 2.59 bits per heavy atom. The maximum absolute atomic E-state index is 12.1. The van der Waals surface area contributed by atoms with Crippen LogP contribution in [0.4, 0.5) is 0 Å². The van der Waals surface area contributed by atoms with E-state index in [1.54, 1.807) is 0 Å². The van der Waals surface area contributed by atoms with Crippen LogP contribution >= 0.6 is 24.8 Å². The van der Waals surface area contributed by atoms with Gasteiger partial charge in [-0.15, -0.1) is 24.8 Å². The maximum atomic E-state index is 12.1. The second-order valence-corrected chi connectivity index (χ2v) is 6.07. The number of likely N-dealkylation sites (N-methyl/N-ethyl adjacent to an activating group) is 1. The second-order valence-electron chi connectivity index (χ2n) is 6.07. The topological polar surface area (TPSA) is 53.6 Å². The molecule has 1 amide bonds. The Labute approximate surface area is 146 Å². The molecule has 132 valence electrons. The Morgan fingerprint density at radius 2 is 1.95 bits per heavy atom. The number of halogens is 2. The van der Waals surface area contributed by atoms with E-state index >= 15 is 0 Å². The van der Waals surface area contributed by atoms with Crippen LogP contribution in [0, 0.1) is 0 Å². The lowest BCUT2D eigenvalue weighted by Gasteiger charge is -2.32. The molecule has 2 N–H and O–H groups in total. The van der Waals surface area contributed by atoms with E-state index in [2.05, 4.69) is 22.6 Å². The molecule has 0 spiro atoms. The monoisotopic (exact) mass is 355 g/mol. The Balaban J connectivity index is 0.00000220.